The van der Waals surface area contributed by atoms with Crippen LogP contribution in [0.5, 0.6) is 0 Å². The number of hydrogen-bond donors (Lipinski definition) is 2. The van der Waals surface area contributed by atoms with E-state index in [0.717, 1.165) is 0 Å². The number of rotatable bonds is 6. The van der Waals surface area contributed by atoms with Crippen LogP contribution in [0.3, 0.4) is 0 Å². The second-order valence-electron chi connectivity index (χ2n) is 9.58. The molecule has 2 rings (SSSR count). The molecule has 1 aliphatic rings. The molecule has 1 aliphatic carbocycles. The van der Waals surface area contributed by atoms with E-state index in [2.05, 4.69) is 10.7 Å². The molecule has 0 spiro atoms. The summed E-state index contributed by atoms with van der Waals surface area (Å²) >= 11 is 0. The summed E-state index contributed by atoms with van der Waals surface area (Å²) in [5, 5.41) is 3.85. The number of nitrogens with one attached hydrogen (secondary N) is 2. The van der Waals surface area contributed by atoms with Crippen LogP contribution in [0, 0.1) is 5.92 Å². The van der Waals surface area contributed by atoms with Gasteiger partial charge in [-0.15, -0.1) is 0 Å². The average molecular weight is 512 g/mol. The van der Waals surface area contributed by atoms with Crippen LogP contribution in [-0.4, -0.2) is 41.7 Å². The third-order valence-corrected chi connectivity index (χ3v) is 5.52. The quantitative estimate of drug-likeness (QED) is 0.376. The molecule has 1 aromatic rings. The fourth-order valence-corrected chi connectivity index (χ4v) is 3.73. The maximum absolute atomic E-state index is 13.0. The van der Waals surface area contributed by atoms with Crippen LogP contribution in [0.4, 0.5) is 31.1 Å². The first kappa shape index (κ1) is 28.7. The molecule has 2 amide bonds. The van der Waals surface area contributed by atoms with Gasteiger partial charge in [0.15, 0.2) is 0 Å². The zero-order chi connectivity index (χ0) is 26.6. The molecule has 0 unspecified atom stereocenters. The number of benzene rings is 1. The van der Waals surface area contributed by atoms with E-state index in [1.54, 1.807) is 27.7 Å². The first-order chi connectivity index (χ1) is 16.0. The first-order valence-electron chi connectivity index (χ1n) is 11.3. The van der Waals surface area contributed by atoms with Crippen LogP contribution in [-0.2, 0) is 17.1 Å². The predicted molar refractivity (Wildman–Crippen MR) is 116 cm³/mol. The number of halogens is 6. The Morgan fingerprint density at radius 1 is 0.943 bits per heavy atom. The number of hydrogen-bond acceptors (Lipinski definition) is 4. The lowest BCUT2D eigenvalue weighted by atomic mass is 9.86. The SMILES string of the molecule is CCN(NC1CCC(CNC(=O)c2cc(C(F)(F)F)cc(C(F)(F)F)c2)CC1)C(=O)OC(C)(C)C. The molecule has 0 heterocycles. The fraction of sp³-hybridized carbons (Fsp3) is 0.652. The molecule has 0 atom stereocenters. The van der Waals surface area contributed by atoms with E-state index in [-0.39, 0.29) is 24.6 Å². The fourth-order valence-electron chi connectivity index (χ4n) is 3.73. The third-order valence-electron chi connectivity index (χ3n) is 5.52. The molecule has 1 fully saturated rings. The number of alkyl halides is 6. The van der Waals surface area contributed by atoms with Gasteiger partial charge in [-0.05, 0) is 77.5 Å². The normalized spacial score (nSPS) is 19.3. The minimum absolute atomic E-state index is 0.00138. The van der Waals surface area contributed by atoms with Crippen molar-refractivity contribution in [2.24, 2.45) is 5.92 Å². The van der Waals surface area contributed by atoms with Gasteiger partial charge < -0.3 is 10.1 Å². The van der Waals surface area contributed by atoms with E-state index in [1.165, 1.54) is 5.01 Å². The van der Waals surface area contributed by atoms with Crippen LogP contribution in [0.1, 0.15) is 74.9 Å². The summed E-state index contributed by atoms with van der Waals surface area (Å²) in [4.78, 5) is 24.6. The Bertz CT molecular complexity index is 856. The maximum atomic E-state index is 13.0. The van der Waals surface area contributed by atoms with Gasteiger partial charge in [0.2, 0.25) is 0 Å². The topological polar surface area (TPSA) is 70.7 Å². The summed E-state index contributed by atoms with van der Waals surface area (Å²) in [6, 6.07) is 0.817. The second kappa shape index (κ2) is 11.0. The zero-order valence-electron chi connectivity index (χ0n) is 20.1. The molecular formula is C23H31F6N3O3. The van der Waals surface area contributed by atoms with E-state index in [4.69, 9.17) is 4.74 Å². The largest absolute Gasteiger partial charge is 0.443 e. The van der Waals surface area contributed by atoms with Crippen molar-refractivity contribution in [1.29, 1.82) is 0 Å². The Morgan fingerprint density at radius 3 is 1.89 bits per heavy atom. The third kappa shape index (κ3) is 8.90. The lowest BCUT2D eigenvalue weighted by Gasteiger charge is -2.34. The highest BCUT2D eigenvalue weighted by atomic mass is 19.4. The summed E-state index contributed by atoms with van der Waals surface area (Å²) in [6.45, 7) is 7.61. The van der Waals surface area contributed by atoms with Gasteiger partial charge in [-0.2, -0.15) is 26.3 Å². The van der Waals surface area contributed by atoms with Crippen LogP contribution >= 0.6 is 0 Å². The Hall–Kier alpha value is -2.50. The van der Waals surface area contributed by atoms with Gasteiger partial charge in [0.1, 0.15) is 5.60 Å². The molecule has 6 nitrogen and oxygen atoms in total. The summed E-state index contributed by atoms with van der Waals surface area (Å²) in [6.07, 6.45) is -7.89. The number of hydrazine groups is 1. The van der Waals surface area contributed by atoms with Crippen molar-refractivity contribution in [2.75, 3.05) is 13.1 Å². The second-order valence-corrected chi connectivity index (χ2v) is 9.58. The number of ether oxygens (including phenoxy) is 1. The molecular weight excluding hydrogens is 480 g/mol. The van der Waals surface area contributed by atoms with E-state index >= 15 is 0 Å². The molecule has 0 bridgehead atoms. The Labute approximate surface area is 200 Å². The van der Waals surface area contributed by atoms with E-state index in [1.807, 2.05) is 0 Å². The van der Waals surface area contributed by atoms with Crippen LogP contribution in [0.15, 0.2) is 18.2 Å². The zero-order valence-corrected chi connectivity index (χ0v) is 20.1. The minimum Gasteiger partial charge on any atom is -0.443 e. The highest BCUT2D eigenvalue weighted by molar-refractivity contribution is 5.94. The molecule has 0 aromatic heterocycles. The van der Waals surface area contributed by atoms with Crippen molar-refractivity contribution in [1.82, 2.24) is 15.8 Å². The molecule has 1 aromatic carbocycles. The standard InChI is InChI=1S/C23H31F6N3O3/c1-5-32(20(34)35-21(2,3)4)31-18-8-6-14(7-9-18)13-30-19(33)15-10-16(22(24,25)26)12-17(11-15)23(27,28)29/h10-12,14,18,31H,5-9,13H2,1-4H3,(H,30,33). The van der Waals surface area contributed by atoms with Crippen molar-refractivity contribution in [3.8, 4) is 0 Å². The molecule has 12 heteroatoms. The van der Waals surface area contributed by atoms with Gasteiger partial charge in [-0.1, -0.05) is 0 Å². The maximum Gasteiger partial charge on any atom is 0.424 e. The molecule has 1 saturated carbocycles. The smallest absolute Gasteiger partial charge is 0.424 e. The van der Waals surface area contributed by atoms with Crippen molar-refractivity contribution in [2.45, 2.75) is 77.4 Å². The minimum atomic E-state index is -5.02. The lowest BCUT2D eigenvalue weighted by molar-refractivity contribution is -0.143. The highest BCUT2D eigenvalue weighted by Gasteiger charge is 2.37. The Kier molecular flexibility index (Phi) is 9.07. The van der Waals surface area contributed by atoms with Crippen LogP contribution < -0.4 is 10.7 Å². The number of carbonyl (C=O) groups is 2. The number of amides is 2. The Balaban J connectivity index is 1.93. The monoisotopic (exact) mass is 511 g/mol. The predicted octanol–water partition coefficient (Wildman–Crippen LogP) is 5.77. The number of nitrogens with zero attached hydrogens (tertiary/aromatic N) is 1. The summed E-state index contributed by atoms with van der Waals surface area (Å²) in [5.41, 5.74) is -1.26. The first-order valence-corrected chi connectivity index (χ1v) is 11.3. The van der Waals surface area contributed by atoms with Crippen molar-refractivity contribution < 1.29 is 40.7 Å². The van der Waals surface area contributed by atoms with Crippen molar-refractivity contribution in [3.05, 3.63) is 34.9 Å². The molecule has 0 saturated heterocycles. The van der Waals surface area contributed by atoms with E-state index < -0.39 is 46.6 Å². The van der Waals surface area contributed by atoms with Crippen molar-refractivity contribution in [3.63, 3.8) is 0 Å². The van der Waals surface area contributed by atoms with Gasteiger partial charge >= 0.3 is 18.4 Å². The molecule has 0 aliphatic heterocycles. The van der Waals surface area contributed by atoms with E-state index in [9.17, 15) is 35.9 Å². The van der Waals surface area contributed by atoms with Crippen LogP contribution in [0.25, 0.3) is 0 Å². The molecule has 0 radical (unpaired) electrons. The van der Waals surface area contributed by atoms with Gasteiger partial charge in [0.25, 0.3) is 5.91 Å². The molecule has 35 heavy (non-hydrogen) atoms. The van der Waals surface area contributed by atoms with Crippen molar-refractivity contribution >= 4 is 12.0 Å². The molecule has 198 valence electrons. The highest BCUT2D eigenvalue weighted by Crippen LogP contribution is 2.36. The average Bonchev–Trinajstić information content (AvgIpc) is 2.73. The van der Waals surface area contributed by atoms with E-state index in [0.29, 0.717) is 44.4 Å². The summed E-state index contributed by atoms with van der Waals surface area (Å²) < 4.78 is 83.5. The molecule has 2 N–H and O–H groups in total. The Morgan fingerprint density at radius 2 is 1.46 bits per heavy atom. The van der Waals surface area contributed by atoms with Crippen LogP contribution in [0.2, 0.25) is 0 Å². The number of carbonyl (C=O) groups excluding carboxylic acids is 2. The lowest BCUT2D eigenvalue weighted by Crippen LogP contribution is -2.51. The van der Waals surface area contributed by atoms with Gasteiger partial charge in [-0.3, -0.25) is 4.79 Å². The van der Waals surface area contributed by atoms with Gasteiger partial charge in [0, 0.05) is 24.7 Å². The van der Waals surface area contributed by atoms with Gasteiger partial charge in [-0.25, -0.2) is 15.2 Å². The summed E-state index contributed by atoms with van der Waals surface area (Å²) in [7, 11) is 0. The van der Waals surface area contributed by atoms with Gasteiger partial charge in [0.05, 0.1) is 11.1 Å². The summed E-state index contributed by atoms with van der Waals surface area (Å²) in [5.74, 6) is -0.995.